The number of methoxy groups -OCH3 is 1. The molecule has 0 spiro atoms. The van der Waals surface area contributed by atoms with Gasteiger partial charge in [-0.15, -0.1) is 0 Å². The van der Waals surface area contributed by atoms with Crippen LogP contribution in [-0.2, 0) is 6.42 Å². The van der Waals surface area contributed by atoms with E-state index in [-0.39, 0.29) is 0 Å². The zero-order valence-electron chi connectivity index (χ0n) is 12.7. The Labute approximate surface area is 126 Å². The van der Waals surface area contributed by atoms with E-state index in [1.54, 1.807) is 7.11 Å². The lowest BCUT2D eigenvalue weighted by atomic mass is 10.1. The molecule has 0 aliphatic heterocycles. The molecule has 3 aromatic rings. The molecular weight excluding hydrogens is 258 g/mol. The van der Waals surface area contributed by atoms with Crippen molar-refractivity contribution in [3.63, 3.8) is 0 Å². The Morgan fingerprint density at radius 1 is 1.05 bits per heavy atom. The van der Waals surface area contributed by atoms with Crippen molar-refractivity contribution in [2.45, 2.75) is 26.2 Å². The highest BCUT2D eigenvalue weighted by Gasteiger charge is 2.10. The number of nitrogens with zero attached hydrogens (tertiary/aromatic N) is 1. The maximum absolute atomic E-state index is 5.24. The van der Waals surface area contributed by atoms with Gasteiger partial charge in [0.2, 0.25) is 0 Å². The molecule has 0 aliphatic carbocycles. The molecule has 0 fully saturated rings. The van der Waals surface area contributed by atoms with E-state index in [2.05, 4.69) is 53.9 Å². The van der Waals surface area contributed by atoms with Gasteiger partial charge < -0.3 is 9.14 Å². The molecule has 2 heterocycles. The van der Waals surface area contributed by atoms with Crippen molar-refractivity contribution in [2.24, 2.45) is 0 Å². The van der Waals surface area contributed by atoms with Crippen molar-refractivity contribution in [1.29, 1.82) is 0 Å². The minimum Gasteiger partial charge on any atom is -0.497 e. The van der Waals surface area contributed by atoms with Crippen LogP contribution in [0.25, 0.3) is 16.8 Å². The van der Waals surface area contributed by atoms with Crippen LogP contribution in [0.3, 0.4) is 0 Å². The zero-order valence-corrected chi connectivity index (χ0v) is 12.7. The number of hydrogen-bond acceptors (Lipinski definition) is 1. The highest BCUT2D eigenvalue weighted by molar-refractivity contribution is 5.71. The smallest absolute Gasteiger partial charge is 0.118 e. The molecule has 0 unspecified atom stereocenters. The van der Waals surface area contributed by atoms with Gasteiger partial charge >= 0.3 is 0 Å². The first kappa shape index (κ1) is 13.7. The summed E-state index contributed by atoms with van der Waals surface area (Å²) in [6, 6.07) is 17.0. The van der Waals surface area contributed by atoms with Crippen molar-refractivity contribution in [3.8, 4) is 17.0 Å². The Kier molecular flexibility index (Phi) is 3.96. The van der Waals surface area contributed by atoms with E-state index in [0.29, 0.717) is 0 Å². The average Bonchev–Trinajstić information content (AvgIpc) is 2.92. The second-order valence-electron chi connectivity index (χ2n) is 5.34. The molecule has 0 amide bonds. The molecular formula is C19H21NO. The lowest BCUT2D eigenvalue weighted by Gasteiger charge is -2.04. The lowest BCUT2D eigenvalue weighted by molar-refractivity contribution is 0.415. The van der Waals surface area contributed by atoms with Gasteiger partial charge in [0.25, 0.3) is 0 Å². The first-order chi connectivity index (χ1) is 10.3. The van der Waals surface area contributed by atoms with Gasteiger partial charge in [0, 0.05) is 11.7 Å². The zero-order chi connectivity index (χ0) is 14.7. The van der Waals surface area contributed by atoms with E-state index in [1.165, 1.54) is 35.2 Å². The maximum atomic E-state index is 5.24. The number of aryl methyl sites for hydroxylation is 1. The van der Waals surface area contributed by atoms with Crippen LogP contribution in [0.1, 0.15) is 25.3 Å². The average molecular weight is 279 g/mol. The number of ether oxygens (including phenoxy) is 1. The molecule has 0 aliphatic rings. The van der Waals surface area contributed by atoms with Crippen molar-refractivity contribution >= 4 is 5.52 Å². The third-order valence-corrected chi connectivity index (χ3v) is 3.94. The van der Waals surface area contributed by atoms with Crippen LogP contribution < -0.4 is 4.74 Å². The van der Waals surface area contributed by atoms with Gasteiger partial charge in [-0.05, 0) is 66.4 Å². The van der Waals surface area contributed by atoms with Gasteiger partial charge in [0.1, 0.15) is 5.75 Å². The number of pyridine rings is 1. The standard InChI is InChI=1S/C19H21NO/c1-3-4-7-16-14-19(20-13-6-5-8-18(16)20)15-9-11-17(21-2)12-10-15/h5-6,8-14H,3-4,7H2,1-2H3. The lowest BCUT2D eigenvalue weighted by Crippen LogP contribution is -1.88. The van der Waals surface area contributed by atoms with Crippen LogP contribution in [0, 0.1) is 0 Å². The van der Waals surface area contributed by atoms with Crippen LogP contribution >= 0.6 is 0 Å². The van der Waals surface area contributed by atoms with Crippen LogP contribution in [-0.4, -0.2) is 11.5 Å². The minimum absolute atomic E-state index is 0.894. The molecule has 2 heteroatoms. The molecule has 0 saturated carbocycles. The summed E-state index contributed by atoms with van der Waals surface area (Å²) < 4.78 is 7.53. The normalized spacial score (nSPS) is 11.0. The largest absolute Gasteiger partial charge is 0.497 e. The number of fused-ring (bicyclic) bond motifs is 1. The summed E-state index contributed by atoms with van der Waals surface area (Å²) >= 11 is 0. The fourth-order valence-corrected chi connectivity index (χ4v) is 2.78. The summed E-state index contributed by atoms with van der Waals surface area (Å²) in [7, 11) is 1.70. The molecule has 21 heavy (non-hydrogen) atoms. The third-order valence-electron chi connectivity index (χ3n) is 3.94. The van der Waals surface area contributed by atoms with Crippen molar-refractivity contribution in [3.05, 3.63) is 60.3 Å². The first-order valence-electron chi connectivity index (χ1n) is 7.57. The number of rotatable bonds is 5. The highest BCUT2D eigenvalue weighted by Crippen LogP contribution is 2.28. The van der Waals surface area contributed by atoms with Crippen LogP contribution in [0.4, 0.5) is 0 Å². The van der Waals surface area contributed by atoms with E-state index in [1.807, 2.05) is 12.1 Å². The monoisotopic (exact) mass is 279 g/mol. The number of unbranched alkanes of at least 4 members (excludes halogenated alkanes) is 1. The van der Waals surface area contributed by atoms with Crippen LogP contribution in [0.5, 0.6) is 5.75 Å². The minimum atomic E-state index is 0.894. The Morgan fingerprint density at radius 2 is 1.86 bits per heavy atom. The third kappa shape index (κ3) is 2.66. The summed E-state index contributed by atoms with van der Waals surface area (Å²) in [4.78, 5) is 0. The summed E-state index contributed by atoms with van der Waals surface area (Å²) in [5.74, 6) is 0.894. The summed E-state index contributed by atoms with van der Waals surface area (Å²) in [5, 5.41) is 0. The molecule has 0 N–H and O–H groups in total. The highest BCUT2D eigenvalue weighted by atomic mass is 16.5. The molecule has 3 rings (SSSR count). The van der Waals surface area contributed by atoms with Crippen molar-refractivity contribution in [2.75, 3.05) is 7.11 Å². The van der Waals surface area contributed by atoms with E-state index in [4.69, 9.17) is 4.74 Å². The van der Waals surface area contributed by atoms with E-state index >= 15 is 0 Å². The number of hydrogen-bond donors (Lipinski definition) is 0. The fraction of sp³-hybridized carbons (Fsp3) is 0.263. The molecule has 0 saturated heterocycles. The molecule has 0 bridgehead atoms. The molecule has 0 radical (unpaired) electrons. The van der Waals surface area contributed by atoms with Gasteiger partial charge in [0.05, 0.1) is 12.8 Å². The predicted octanol–water partition coefficient (Wildman–Crippen LogP) is 4.96. The Morgan fingerprint density at radius 3 is 2.57 bits per heavy atom. The Bertz CT molecular complexity index is 725. The topological polar surface area (TPSA) is 13.6 Å². The Balaban J connectivity index is 2.08. The fourth-order valence-electron chi connectivity index (χ4n) is 2.78. The van der Waals surface area contributed by atoms with Crippen LogP contribution in [0.15, 0.2) is 54.7 Å². The quantitative estimate of drug-likeness (QED) is 0.643. The van der Waals surface area contributed by atoms with Gasteiger partial charge in [-0.25, -0.2) is 0 Å². The molecule has 0 atom stereocenters. The molecule has 2 aromatic heterocycles. The van der Waals surface area contributed by atoms with Gasteiger partial charge in [-0.3, -0.25) is 0 Å². The number of aromatic nitrogens is 1. The number of benzene rings is 1. The van der Waals surface area contributed by atoms with Gasteiger partial charge in [0.15, 0.2) is 0 Å². The maximum Gasteiger partial charge on any atom is 0.118 e. The van der Waals surface area contributed by atoms with Crippen LogP contribution in [0.2, 0.25) is 0 Å². The molecule has 2 nitrogen and oxygen atoms in total. The molecule has 108 valence electrons. The SMILES string of the molecule is CCCCc1cc(-c2ccc(OC)cc2)n2ccccc12. The first-order valence-corrected chi connectivity index (χ1v) is 7.57. The van der Waals surface area contributed by atoms with Gasteiger partial charge in [-0.1, -0.05) is 19.4 Å². The predicted molar refractivity (Wildman–Crippen MR) is 88.0 cm³/mol. The van der Waals surface area contributed by atoms with E-state index < -0.39 is 0 Å². The molecule has 1 aromatic carbocycles. The van der Waals surface area contributed by atoms with Gasteiger partial charge in [-0.2, -0.15) is 0 Å². The second kappa shape index (κ2) is 6.04. The van der Waals surface area contributed by atoms with E-state index in [9.17, 15) is 0 Å². The van der Waals surface area contributed by atoms with Crippen molar-refractivity contribution < 1.29 is 4.74 Å². The second-order valence-corrected chi connectivity index (χ2v) is 5.34. The van der Waals surface area contributed by atoms with Crippen molar-refractivity contribution in [1.82, 2.24) is 4.40 Å². The summed E-state index contributed by atoms with van der Waals surface area (Å²) in [6.07, 6.45) is 5.74. The summed E-state index contributed by atoms with van der Waals surface area (Å²) in [5.41, 5.74) is 5.22. The van der Waals surface area contributed by atoms with E-state index in [0.717, 1.165) is 12.2 Å². The summed E-state index contributed by atoms with van der Waals surface area (Å²) in [6.45, 7) is 2.24. The Hall–Kier alpha value is -2.22.